The highest BCUT2D eigenvalue weighted by Crippen LogP contribution is 2.33. The fraction of sp³-hybridized carbons (Fsp3) is 0.179. The zero-order chi connectivity index (χ0) is 25.1. The Morgan fingerprint density at radius 3 is 2.56 bits per heavy atom. The first-order valence-electron chi connectivity index (χ1n) is 11.5. The van der Waals surface area contributed by atoms with Crippen molar-refractivity contribution < 1.29 is 14.3 Å². The lowest BCUT2D eigenvalue weighted by Gasteiger charge is -2.23. The summed E-state index contributed by atoms with van der Waals surface area (Å²) in [5.41, 5.74) is 2.76. The van der Waals surface area contributed by atoms with Gasteiger partial charge in [-0.2, -0.15) is 0 Å². The average Bonchev–Trinajstić information content (AvgIpc) is 3.52. The van der Waals surface area contributed by atoms with Crippen LogP contribution in [0.3, 0.4) is 0 Å². The number of rotatable bonds is 7. The summed E-state index contributed by atoms with van der Waals surface area (Å²) in [4.78, 5) is 32.5. The Hall–Kier alpha value is -3.75. The third kappa shape index (κ3) is 4.82. The van der Waals surface area contributed by atoms with Crippen molar-refractivity contribution in [2.45, 2.75) is 26.5 Å². The van der Waals surface area contributed by atoms with Gasteiger partial charge in [0.25, 0.3) is 5.56 Å². The van der Waals surface area contributed by atoms with Crippen molar-refractivity contribution in [1.82, 2.24) is 4.57 Å². The van der Waals surface area contributed by atoms with Crippen LogP contribution in [0.25, 0.3) is 6.08 Å². The Kier molecular flexibility index (Phi) is 6.97. The fourth-order valence-corrected chi connectivity index (χ4v) is 5.93. The van der Waals surface area contributed by atoms with Crippen molar-refractivity contribution in [3.05, 3.63) is 119 Å². The Morgan fingerprint density at radius 1 is 1.08 bits per heavy atom. The molecule has 5 rings (SSSR count). The van der Waals surface area contributed by atoms with Gasteiger partial charge in [0.15, 0.2) is 4.80 Å². The van der Waals surface area contributed by atoms with Crippen molar-refractivity contribution >= 4 is 34.7 Å². The SMILES string of the molecule is CCOC(=O)C1=C(C)N=c2sc(=Cc3ccc(OCc4ccccc4)cc3)c(=O)n2C1c1cccs1. The molecular formula is C28H24N2O4S2. The molecule has 1 unspecified atom stereocenters. The smallest absolute Gasteiger partial charge is 0.338 e. The molecule has 0 saturated heterocycles. The quantitative estimate of drug-likeness (QED) is 0.341. The summed E-state index contributed by atoms with van der Waals surface area (Å²) in [7, 11) is 0. The number of esters is 1. The number of thiophene rings is 1. The van der Waals surface area contributed by atoms with Crippen LogP contribution in [0.4, 0.5) is 0 Å². The molecule has 182 valence electrons. The number of hydrogen-bond acceptors (Lipinski definition) is 7. The van der Waals surface area contributed by atoms with Gasteiger partial charge < -0.3 is 9.47 Å². The summed E-state index contributed by atoms with van der Waals surface area (Å²) in [5, 5.41) is 1.94. The number of aromatic nitrogens is 1. The molecule has 0 bridgehead atoms. The van der Waals surface area contributed by atoms with Crippen molar-refractivity contribution in [2.24, 2.45) is 4.99 Å². The molecular weight excluding hydrogens is 492 g/mol. The number of hydrogen-bond donors (Lipinski definition) is 0. The van der Waals surface area contributed by atoms with Crippen LogP contribution in [0.1, 0.15) is 35.9 Å². The molecule has 36 heavy (non-hydrogen) atoms. The van der Waals surface area contributed by atoms with Crippen molar-refractivity contribution in [3.63, 3.8) is 0 Å². The van der Waals surface area contributed by atoms with E-state index >= 15 is 0 Å². The van der Waals surface area contributed by atoms with E-state index in [4.69, 9.17) is 9.47 Å². The molecule has 2 aromatic carbocycles. The molecule has 6 nitrogen and oxygen atoms in total. The van der Waals surface area contributed by atoms with Crippen molar-refractivity contribution in [3.8, 4) is 5.75 Å². The molecule has 0 amide bonds. The highest BCUT2D eigenvalue weighted by atomic mass is 32.1. The Balaban J connectivity index is 1.48. The minimum absolute atomic E-state index is 0.184. The lowest BCUT2D eigenvalue weighted by atomic mass is 10.0. The molecule has 1 aliphatic heterocycles. The second-order valence-corrected chi connectivity index (χ2v) is 10.1. The number of carbonyl (C=O) groups excluding carboxylic acids is 1. The van der Waals surface area contributed by atoms with E-state index in [2.05, 4.69) is 4.99 Å². The van der Waals surface area contributed by atoms with Gasteiger partial charge in [0.2, 0.25) is 0 Å². The van der Waals surface area contributed by atoms with Gasteiger partial charge in [-0.25, -0.2) is 9.79 Å². The largest absolute Gasteiger partial charge is 0.489 e. The van der Waals surface area contributed by atoms with Crippen LogP contribution in [0.2, 0.25) is 0 Å². The summed E-state index contributed by atoms with van der Waals surface area (Å²) in [5.74, 6) is 0.308. The molecule has 0 spiro atoms. The van der Waals surface area contributed by atoms with Crippen LogP contribution in [0, 0.1) is 0 Å². The number of nitrogens with zero attached hydrogens (tertiary/aromatic N) is 2. The van der Waals surface area contributed by atoms with Crippen LogP contribution >= 0.6 is 22.7 Å². The predicted octanol–water partition coefficient (Wildman–Crippen LogP) is 4.44. The predicted molar refractivity (Wildman–Crippen MR) is 142 cm³/mol. The van der Waals surface area contributed by atoms with E-state index in [0.29, 0.717) is 27.2 Å². The molecule has 0 aliphatic carbocycles. The normalized spacial score (nSPS) is 15.4. The van der Waals surface area contributed by atoms with Gasteiger partial charge >= 0.3 is 5.97 Å². The lowest BCUT2D eigenvalue weighted by Crippen LogP contribution is -2.39. The summed E-state index contributed by atoms with van der Waals surface area (Å²) in [6.07, 6.45) is 1.85. The van der Waals surface area contributed by atoms with E-state index in [-0.39, 0.29) is 12.2 Å². The van der Waals surface area contributed by atoms with Gasteiger partial charge in [-0.15, -0.1) is 11.3 Å². The highest BCUT2D eigenvalue weighted by Gasteiger charge is 2.33. The van der Waals surface area contributed by atoms with Crippen LogP contribution in [-0.2, 0) is 16.1 Å². The minimum Gasteiger partial charge on any atom is -0.489 e. The van der Waals surface area contributed by atoms with Crippen molar-refractivity contribution in [1.29, 1.82) is 0 Å². The minimum atomic E-state index is -0.559. The summed E-state index contributed by atoms with van der Waals surface area (Å²) >= 11 is 2.81. The number of allylic oxidation sites excluding steroid dienone is 1. The van der Waals surface area contributed by atoms with Gasteiger partial charge in [-0.05, 0) is 54.6 Å². The Morgan fingerprint density at radius 2 is 1.86 bits per heavy atom. The standard InChI is InChI=1S/C28H24N2O4S2/c1-3-33-27(32)24-18(2)29-28-30(25(24)22-10-7-15-35-22)26(31)23(36-28)16-19-11-13-21(14-12-19)34-17-20-8-5-4-6-9-20/h4-16,25H,3,17H2,1-2H3. The molecule has 0 saturated carbocycles. The first-order chi connectivity index (χ1) is 17.5. The Labute approximate surface area is 216 Å². The monoisotopic (exact) mass is 516 g/mol. The molecule has 8 heteroatoms. The third-order valence-electron chi connectivity index (χ3n) is 5.76. The molecule has 4 aromatic rings. The fourth-order valence-electron chi connectivity index (χ4n) is 4.06. The number of ether oxygens (including phenoxy) is 2. The van der Waals surface area contributed by atoms with E-state index in [1.54, 1.807) is 18.4 Å². The van der Waals surface area contributed by atoms with E-state index in [0.717, 1.165) is 21.8 Å². The molecule has 1 aliphatic rings. The zero-order valence-corrected chi connectivity index (χ0v) is 21.5. The van der Waals surface area contributed by atoms with Crippen molar-refractivity contribution in [2.75, 3.05) is 6.61 Å². The van der Waals surface area contributed by atoms with Gasteiger partial charge in [0, 0.05) is 4.88 Å². The first kappa shape index (κ1) is 24.0. The molecule has 3 heterocycles. The zero-order valence-electron chi connectivity index (χ0n) is 19.8. The number of benzene rings is 2. The van der Waals surface area contributed by atoms with E-state index in [1.807, 2.05) is 78.2 Å². The number of thiazole rings is 1. The molecule has 0 fully saturated rings. The maximum absolute atomic E-state index is 13.6. The van der Waals surface area contributed by atoms with Crippen LogP contribution in [-0.4, -0.2) is 17.1 Å². The van der Waals surface area contributed by atoms with Gasteiger partial charge in [-0.1, -0.05) is 59.9 Å². The second kappa shape index (κ2) is 10.5. The topological polar surface area (TPSA) is 69.9 Å². The average molecular weight is 517 g/mol. The van der Waals surface area contributed by atoms with Gasteiger partial charge in [0.05, 0.1) is 22.4 Å². The third-order valence-corrected chi connectivity index (χ3v) is 7.66. The molecule has 2 aromatic heterocycles. The van der Waals surface area contributed by atoms with Gasteiger partial charge in [0.1, 0.15) is 18.4 Å². The number of fused-ring (bicyclic) bond motifs is 1. The molecule has 0 N–H and O–H groups in total. The molecule has 1 atom stereocenters. The first-order valence-corrected chi connectivity index (χ1v) is 13.2. The van der Waals surface area contributed by atoms with Gasteiger partial charge in [-0.3, -0.25) is 9.36 Å². The summed E-state index contributed by atoms with van der Waals surface area (Å²) < 4.78 is 13.3. The van der Waals surface area contributed by atoms with E-state index < -0.39 is 12.0 Å². The number of carbonyl (C=O) groups is 1. The van der Waals surface area contributed by atoms with Crippen LogP contribution in [0.5, 0.6) is 5.75 Å². The summed E-state index contributed by atoms with van der Waals surface area (Å²) in [6.45, 7) is 4.30. The molecule has 0 radical (unpaired) electrons. The Bertz CT molecular complexity index is 1580. The lowest BCUT2D eigenvalue weighted by molar-refractivity contribution is -0.139. The van der Waals surface area contributed by atoms with E-state index in [9.17, 15) is 9.59 Å². The maximum atomic E-state index is 13.6. The summed E-state index contributed by atoms with van der Waals surface area (Å²) in [6, 6.07) is 20.9. The van der Waals surface area contributed by atoms with E-state index in [1.165, 1.54) is 22.7 Å². The van der Waals surface area contributed by atoms with Crippen LogP contribution < -0.4 is 19.6 Å². The van der Waals surface area contributed by atoms with Crippen LogP contribution in [0.15, 0.2) is 93.2 Å². The second-order valence-electron chi connectivity index (χ2n) is 8.16. The maximum Gasteiger partial charge on any atom is 0.338 e. The highest BCUT2D eigenvalue weighted by molar-refractivity contribution is 7.10.